The third-order valence-electron chi connectivity index (χ3n) is 5.06. The lowest BCUT2D eigenvalue weighted by atomic mass is 10.1. The summed E-state index contributed by atoms with van der Waals surface area (Å²) in [4.78, 5) is 12.4. The van der Waals surface area contributed by atoms with Crippen LogP contribution in [0.25, 0.3) is 0 Å². The molecule has 6 nitrogen and oxygen atoms in total. The number of aryl methyl sites for hydroxylation is 1. The summed E-state index contributed by atoms with van der Waals surface area (Å²) in [7, 11) is -3.45. The molecule has 0 spiro atoms. The highest BCUT2D eigenvalue weighted by Gasteiger charge is 2.24. The largest absolute Gasteiger partial charge is 0.326 e. The van der Waals surface area contributed by atoms with E-state index >= 15 is 0 Å². The number of benzene rings is 2. The number of hydrogen-bond acceptors (Lipinski definition) is 4. The van der Waals surface area contributed by atoms with Gasteiger partial charge in [0, 0.05) is 25.2 Å². The average molecular weight is 412 g/mol. The van der Waals surface area contributed by atoms with Crippen molar-refractivity contribution >= 4 is 21.6 Å². The third kappa shape index (κ3) is 5.66. The van der Waals surface area contributed by atoms with Gasteiger partial charge in [0.1, 0.15) is 0 Å². The summed E-state index contributed by atoms with van der Waals surface area (Å²) < 4.78 is 27.2. The zero-order valence-corrected chi connectivity index (χ0v) is 17.1. The number of amides is 1. The number of hydrogen-bond donors (Lipinski definition) is 1. The van der Waals surface area contributed by atoms with Gasteiger partial charge >= 0.3 is 0 Å². The van der Waals surface area contributed by atoms with Crippen LogP contribution in [0.3, 0.4) is 0 Å². The van der Waals surface area contributed by atoms with Crippen molar-refractivity contribution in [2.45, 2.75) is 43.4 Å². The zero-order valence-electron chi connectivity index (χ0n) is 16.3. The number of nitriles is 1. The van der Waals surface area contributed by atoms with E-state index in [0.29, 0.717) is 35.7 Å². The molecular formula is C22H25N3O3S. The second-order valence-corrected chi connectivity index (χ2v) is 9.14. The van der Waals surface area contributed by atoms with Crippen LogP contribution in [0, 0.1) is 11.3 Å². The zero-order chi connectivity index (χ0) is 20.7. The molecule has 0 unspecified atom stereocenters. The fourth-order valence-electron chi connectivity index (χ4n) is 3.37. The van der Waals surface area contributed by atoms with E-state index in [9.17, 15) is 13.2 Å². The van der Waals surface area contributed by atoms with E-state index in [1.165, 1.54) is 0 Å². The highest BCUT2D eigenvalue weighted by Crippen LogP contribution is 2.21. The number of nitrogens with zero attached hydrogens (tertiary/aromatic N) is 2. The number of anilines is 1. The summed E-state index contributed by atoms with van der Waals surface area (Å²) >= 11 is 0. The first-order chi connectivity index (χ1) is 14.0. The molecule has 152 valence electrons. The molecule has 0 bridgehead atoms. The van der Waals surface area contributed by atoms with Crippen molar-refractivity contribution in [1.29, 1.82) is 5.26 Å². The minimum atomic E-state index is -3.45. The molecule has 3 rings (SSSR count). The van der Waals surface area contributed by atoms with Crippen LogP contribution in [-0.4, -0.2) is 31.7 Å². The van der Waals surface area contributed by atoms with Crippen molar-refractivity contribution in [3.05, 3.63) is 59.7 Å². The quantitative estimate of drug-likeness (QED) is 0.785. The molecule has 0 aliphatic carbocycles. The monoisotopic (exact) mass is 411 g/mol. The maximum absolute atomic E-state index is 12.8. The Morgan fingerprint density at radius 3 is 2.17 bits per heavy atom. The van der Waals surface area contributed by atoms with Crippen LogP contribution in [0.5, 0.6) is 0 Å². The van der Waals surface area contributed by atoms with Crippen molar-refractivity contribution in [3.63, 3.8) is 0 Å². The first-order valence-electron chi connectivity index (χ1n) is 9.88. The third-order valence-corrected chi connectivity index (χ3v) is 6.98. The van der Waals surface area contributed by atoms with Crippen LogP contribution < -0.4 is 5.32 Å². The fraction of sp³-hybridized carbons (Fsp3) is 0.364. The number of carbonyl (C=O) groups is 1. The summed E-state index contributed by atoms with van der Waals surface area (Å²) in [5.41, 5.74) is 2.10. The Labute approximate surface area is 172 Å². The van der Waals surface area contributed by atoms with Crippen LogP contribution >= 0.6 is 0 Å². The van der Waals surface area contributed by atoms with Gasteiger partial charge in [0.25, 0.3) is 0 Å². The molecule has 1 fully saturated rings. The first-order valence-corrected chi connectivity index (χ1v) is 11.3. The van der Waals surface area contributed by atoms with Gasteiger partial charge in [0.15, 0.2) is 0 Å². The van der Waals surface area contributed by atoms with Gasteiger partial charge in [-0.1, -0.05) is 25.0 Å². The van der Waals surface area contributed by atoms with E-state index in [0.717, 1.165) is 31.2 Å². The maximum atomic E-state index is 12.8. The Morgan fingerprint density at radius 2 is 1.59 bits per heavy atom. The molecule has 0 saturated carbocycles. The predicted molar refractivity (Wildman–Crippen MR) is 112 cm³/mol. The van der Waals surface area contributed by atoms with E-state index < -0.39 is 10.0 Å². The van der Waals surface area contributed by atoms with Gasteiger partial charge in [0.05, 0.1) is 16.5 Å². The van der Waals surface area contributed by atoms with Crippen molar-refractivity contribution in [2.24, 2.45) is 0 Å². The van der Waals surface area contributed by atoms with Gasteiger partial charge < -0.3 is 5.32 Å². The van der Waals surface area contributed by atoms with Crippen molar-refractivity contribution in [3.8, 4) is 6.07 Å². The number of sulfonamides is 1. The summed E-state index contributed by atoms with van der Waals surface area (Å²) in [5, 5.41) is 11.6. The Kier molecular flexibility index (Phi) is 7.02. The van der Waals surface area contributed by atoms with Crippen LogP contribution in [-0.2, 0) is 21.2 Å². The predicted octanol–water partition coefficient (Wildman–Crippen LogP) is 3.69. The van der Waals surface area contributed by atoms with Crippen molar-refractivity contribution < 1.29 is 13.2 Å². The number of carbonyl (C=O) groups excluding carboxylic acids is 1. The smallest absolute Gasteiger partial charge is 0.243 e. The molecule has 2 aromatic rings. The summed E-state index contributed by atoms with van der Waals surface area (Å²) in [6.45, 7) is 1.17. The molecule has 0 aromatic heterocycles. The van der Waals surface area contributed by atoms with E-state index in [4.69, 9.17) is 5.26 Å². The summed E-state index contributed by atoms with van der Waals surface area (Å²) in [6.07, 6.45) is 4.78. The molecule has 1 aliphatic heterocycles. The Morgan fingerprint density at radius 1 is 0.966 bits per heavy atom. The Bertz CT molecular complexity index is 969. The molecule has 1 saturated heterocycles. The second-order valence-electron chi connectivity index (χ2n) is 7.20. The Balaban J connectivity index is 1.55. The number of rotatable bonds is 6. The Hall–Kier alpha value is -2.69. The van der Waals surface area contributed by atoms with Gasteiger partial charge in [-0.2, -0.15) is 9.57 Å². The first kappa shape index (κ1) is 21.0. The standard InChI is InChI=1S/C22H25N3O3S/c23-17-19-5-10-20(11-6-19)24-22(26)14-9-18-7-12-21(13-8-18)29(27,28)25-15-3-1-2-4-16-25/h5-8,10-13H,1-4,9,14-16H2,(H,24,26). The maximum Gasteiger partial charge on any atom is 0.243 e. The lowest BCUT2D eigenvalue weighted by molar-refractivity contribution is -0.116. The van der Waals surface area contributed by atoms with Crippen LogP contribution in [0.1, 0.15) is 43.2 Å². The van der Waals surface area contributed by atoms with E-state index in [2.05, 4.69) is 5.32 Å². The topological polar surface area (TPSA) is 90.3 Å². The van der Waals surface area contributed by atoms with Crippen molar-refractivity contribution in [2.75, 3.05) is 18.4 Å². The SMILES string of the molecule is N#Cc1ccc(NC(=O)CCc2ccc(S(=O)(=O)N3CCCCCC3)cc2)cc1. The highest BCUT2D eigenvalue weighted by molar-refractivity contribution is 7.89. The van der Waals surface area contributed by atoms with Gasteiger partial charge in [-0.25, -0.2) is 8.42 Å². The molecule has 1 amide bonds. The van der Waals surface area contributed by atoms with Crippen LogP contribution in [0.4, 0.5) is 5.69 Å². The van der Waals surface area contributed by atoms with E-state index in [1.54, 1.807) is 52.8 Å². The molecule has 0 radical (unpaired) electrons. The van der Waals surface area contributed by atoms with Gasteiger partial charge in [-0.3, -0.25) is 4.79 Å². The van der Waals surface area contributed by atoms with E-state index in [1.807, 2.05) is 6.07 Å². The summed E-state index contributed by atoms with van der Waals surface area (Å²) in [5.74, 6) is -0.129. The molecule has 0 atom stereocenters. The van der Waals surface area contributed by atoms with Crippen LogP contribution in [0.15, 0.2) is 53.4 Å². The normalized spacial score (nSPS) is 15.3. The molecule has 7 heteroatoms. The molecular weight excluding hydrogens is 386 g/mol. The molecule has 1 heterocycles. The van der Waals surface area contributed by atoms with Crippen molar-refractivity contribution in [1.82, 2.24) is 4.31 Å². The minimum absolute atomic E-state index is 0.129. The molecule has 29 heavy (non-hydrogen) atoms. The minimum Gasteiger partial charge on any atom is -0.326 e. The fourth-order valence-corrected chi connectivity index (χ4v) is 4.89. The molecule has 2 aromatic carbocycles. The van der Waals surface area contributed by atoms with Gasteiger partial charge in [-0.05, 0) is 61.2 Å². The lowest BCUT2D eigenvalue weighted by Crippen LogP contribution is -2.31. The van der Waals surface area contributed by atoms with E-state index in [-0.39, 0.29) is 12.3 Å². The van der Waals surface area contributed by atoms with Gasteiger partial charge in [0.2, 0.25) is 15.9 Å². The number of nitrogens with one attached hydrogen (secondary N) is 1. The summed E-state index contributed by atoms with van der Waals surface area (Å²) in [6, 6.07) is 15.5. The second kappa shape index (κ2) is 9.68. The van der Waals surface area contributed by atoms with Crippen LogP contribution in [0.2, 0.25) is 0 Å². The average Bonchev–Trinajstić information content (AvgIpc) is 3.03. The highest BCUT2D eigenvalue weighted by atomic mass is 32.2. The molecule has 1 aliphatic rings. The lowest BCUT2D eigenvalue weighted by Gasteiger charge is -2.20. The van der Waals surface area contributed by atoms with Gasteiger partial charge in [-0.15, -0.1) is 0 Å². The molecule has 1 N–H and O–H groups in total.